The molecule has 1 amide bonds. The van der Waals surface area contributed by atoms with Gasteiger partial charge in [0.2, 0.25) is 0 Å². The standard InChI is InChI=1S/C51H63N8O5PSi/c1-36(2)59(37(3)4)65(61-32-22-31-52)62-33-42-43(57-51(39-25-16-11-17-26-39,40-27-18-12-19-28-40)41-29-20-13-21-30-41)45(64-66(8,9)50(5,6)7)49(63-42)58-35-55-44-46(53-34-54-47(44)58)56-48(60)38-23-14-10-15-24-38/h10-21,23-30,34-37,42-43,45,49,57H,22,32-33H2,1-9H3,(H,53,54,56,60)/t42-,43-,45-,49-,65?/m1/s1. The van der Waals surface area contributed by atoms with Gasteiger partial charge in [0.15, 0.2) is 31.5 Å². The number of benzene rings is 4. The minimum Gasteiger partial charge on any atom is -0.408 e. The second-order valence-electron chi connectivity index (χ2n) is 18.6. The van der Waals surface area contributed by atoms with Crippen LogP contribution in [0.3, 0.4) is 0 Å². The third-order valence-corrected chi connectivity index (χ3v) is 19.1. The molecule has 4 aromatic carbocycles. The number of hydrogen-bond donors (Lipinski definition) is 2. The van der Waals surface area contributed by atoms with Gasteiger partial charge in [-0.2, -0.15) is 5.26 Å². The van der Waals surface area contributed by atoms with Gasteiger partial charge in [-0.05, 0) is 74.7 Å². The number of aromatic nitrogens is 4. The van der Waals surface area contributed by atoms with Crippen LogP contribution in [0, 0.1) is 11.3 Å². The Bertz CT molecular complexity index is 2430. The van der Waals surface area contributed by atoms with E-state index in [0.717, 1.165) is 16.7 Å². The zero-order valence-corrected chi connectivity index (χ0v) is 41.4. The molecule has 346 valence electrons. The number of amides is 1. The fourth-order valence-corrected chi connectivity index (χ4v) is 11.2. The molecule has 2 N–H and O–H groups in total. The number of carbonyl (C=O) groups excluding carboxylic acids is 1. The van der Waals surface area contributed by atoms with Crippen LogP contribution in [0.1, 0.15) is 88.2 Å². The molecule has 3 heterocycles. The molecule has 6 aromatic rings. The smallest absolute Gasteiger partial charge is 0.259 e. The summed E-state index contributed by atoms with van der Waals surface area (Å²) in [6.07, 6.45) is 1.31. The lowest BCUT2D eigenvalue weighted by Gasteiger charge is -2.44. The summed E-state index contributed by atoms with van der Waals surface area (Å²) in [7, 11) is -4.24. The first-order valence-electron chi connectivity index (χ1n) is 22.7. The number of nitriles is 1. The summed E-state index contributed by atoms with van der Waals surface area (Å²) in [5, 5.41) is 16.6. The number of carbonyl (C=O) groups is 1. The Kier molecular flexibility index (Phi) is 15.6. The number of ether oxygens (including phenoxy) is 1. The fourth-order valence-electron chi connectivity index (χ4n) is 8.33. The number of imidazole rings is 1. The van der Waals surface area contributed by atoms with Crippen molar-refractivity contribution in [3.63, 3.8) is 0 Å². The summed E-state index contributed by atoms with van der Waals surface area (Å²) in [5.41, 5.74) is 3.55. The van der Waals surface area contributed by atoms with E-state index in [1.807, 2.05) is 41.0 Å². The van der Waals surface area contributed by atoms with E-state index < -0.39 is 46.9 Å². The highest BCUT2D eigenvalue weighted by molar-refractivity contribution is 7.44. The van der Waals surface area contributed by atoms with Gasteiger partial charge in [-0.3, -0.25) is 14.7 Å². The number of nitrogens with zero attached hydrogens (tertiary/aromatic N) is 6. The fraction of sp³-hybridized carbons (Fsp3) is 0.392. The molecule has 1 unspecified atom stereocenters. The predicted octanol–water partition coefficient (Wildman–Crippen LogP) is 10.6. The van der Waals surface area contributed by atoms with E-state index in [1.54, 1.807) is 18.5 Å². The maximum atomic E-state index is 13.4. The van der Waals surface area contributed by atoms with Gasteiger partial charge in [-0.15, -0.1) is 0 Å². The molecule has 1 fully saturated rings. The Hall–Kier alpha value is -5.20. The molecule has 2 aromatic heterocycles. The van der Waals surface area contributed by atoms with Gasteiger partial charge in [-0.1, -0.05) is 130 Å². The van der Waals surface area contributed by atoms with Crippen molar-refractivity contribution in [3.05, 3.63) is 156 Å². The first-order chi connectivity index (χ1) is 31.7. The Morgan fingerprint density at radius 2 is 1.38 bits per heavy atom. The van der Waals surface area contributed by atoms with Crippen molar-refractivity contribution in [1.82, 2.24) is 29.5 Å². The van der Waals surface area contributed by atoms with Gasteiger partial charge in [0.25, 0.3) is 14.4 Å². The topological polar surface area (TPSA) is 149 Å². The molecule has 0 bridgehead atoms. The van der Waals surface area contributed by atoms with Crippen molar-refractivity contribution in [2.45, 2.75) is 115 Å². The molecule has 5 atom stereocenters. The molecule has 66 heavy (non-hydrogen) atoms. The van der Waals surface area contributed by atoms with Gasteiger partial charge in [0.1, 0.15) is 18.5 Å². The van der Waals surface area contributed by atoms with Crippen molar-refractivity contribution >= 4 is 39.7 Å². The lowest BCUT2D eigenvalue weighted by atomic mass is 9.76. The summed E-state index contributed by atoms with van der Waals surface area (Å²) < 4.78 is 32.6. The SMILES string of the molecule is CC(C)N(C(C)C)P(OCCC#N)OC[C@H]1O[C@@H](n2cnc3c(NC(=O)c4ccccc4)ncnc32)[C@H](O[Si](C)(C)C(C)(C)C)[C@@H]1NC(c1ccccc1)(c1ccccc1)c1ccccc1. The zero-order chi connectivity index (χ0) is 47.1. The quantitative estimate of drug-likeness (QED) is 0.0346. The predicted molar refractivity (Wildman–Crippen MR) is 263 cm³/mol. The Labute approximate surface area is 392 Å². The van der Waals surface area contributed by atoms with Crippen LogP contribution in [0.15, 0.2) is 134 Å². The van der Waals surface area contributed by atoms with E-state index >= 15 is 0 Å². The highest BCUT2D eigenvalue weighted by Gasteiger charge is 2.54. The van der Waals surface area contributed by atoms with Crippen molar-refractivity contribution in [2.24, 2.45) is 0 Å². The number of hydrogen-bond acceptors (Lipinski definition) is 11. The van der Waals surface area contributed by atoms with Crippen molar-refractivity contribution in [1.29, 1.82) is 5.26 Å². The maximum Gasteiger partial charge on any atom is 0.259 e. The van der Waals surface area contributed by atoms with Crippen LogP contribution < -0.4 is 10.6 Å². The number of rotatable bonds is 19. The second-order valence-corrected chi connectivity index (χ2v) is 24.8. The van der Waals surface area contributed by atoms with E-state index in [0.29, 0.717) is 16.7 Å². The Morgan fingerprint density at radius 3 is 1.89 bits per heavy atom. The molecule has 0 aliphatic carbocycles. The van der Waals surface area contributed by atoms with Crippen LogP contribution in [0.25, 0.3) is 11.2 Å². The van der Waals surface area contributed by atoms with E-state index in [-0.39, 0.29) is 48.5 Å². The van der Waals surface area contributed by atoms with Gasteiger partial charge >= 0.3 is 0 Å². The van der Waals surface area contributed by atoms with Crippen molar-refractivity contribution < 1.29 is 23.0 Å². The summed E-state index contributed by atoms with van der Waals surface area (Å²) >= 11 is 0. The van der Waals surface area contributed by atoms with Gasteiger partial charge < -0.3 is 23.5 Å². The first kappa shape index (κ1) is 48.7. The molecule has 0 saturated carbocycles. The minimum absolute atomic E-state index is 0.0921. The zero-order valence-electron chi connectivity index (χ0n) is 39.5. The van der Waals surface area contributed by atoms with Crippen molar-refractivity contribution in [2.75, 3.05) is 18.5 Å². The van der Waals surface area contributed by atoms with Crippen LogP contribution in [-0.2, 0) is 23.7 Å². The average molecular weight is 927 g/mol. The molecule has 1 aliphatic heterocycles. The third kappa shape index (κ3) is 10.5. The van der Waals surface area contributed by atoms with E-state index in [9.17, 15) is 10.1 Å². The summed E-state index contributed by atoms with van der Waals surface area (Å²) in [6, 6.07) is 42.3. The number of anilines is 1. The molecule has 0 spiro atoms. The summed E-state index contributed by atoms with van der Waals surface area (Å²) in [5.74, 6) is -0.0341. The van der Waals surface area contributed by atoms with Gasteiger partial charge in [-0.25, -0.2) is 19.6 Å². The number of fused-ring (bicyclic) bond motifs is 1. The largest absolute Gasteiger partial charge is 0.408 e. The van der Waals surface area contributed by atoms with E-state index in [4.69, 9.17) is 28.2 Å². The monoisotopic (exact) mass is 926 g/mol. The average Bonchev–Trinajstić information content (AvgIpc) is 3.88. The molecule has 1 saturated heterocycles. The lowest BCUT2D eigenvalue weighted by molar-refractivity contribution is -0.0449. The van der Waals surface area contributed by atoms with Crippen LogP contribution in [0.4, 0.5) is 5.82 Å². The van der Waals surface area contributed by atoms with E-state index in [2.05, 4.69) is 161 Å². The minimum atomic E-state index is -2.60. The van der Waals surface area contributed by atoms with Crippen LogP contribution in [0.5, 0.6) is 0 Å². The van der Waals surface area contributed by atoms with Crippen LogP contribution in [0.2, 0.25) is 18.1 Å². The molecular formula is C51H63N8O5PSi. The highest BCUT2D eigenvalue weighted by Crippen LogP contribution is 2.49. The molecule has 1 aliphatic rings. The maximum absolute atomic E-state index is 13.4. The van der Waals surface area contributed by atoms with Gasteiger partial charge in [0, 0.05) is 17.6 Å². The summed E-state index contributed by atoms with van der Waals surface area (Å²) in [6.45, 7) is 20.0. The third-order valence-electron chi connectivity index (χ3n) is 12.5. The molecule has 13 nitrogen and oxygen atoms in total. The summed E-state index contributed by atoms with van der Waals surface area (Å²) in [4.78, 5) is 27.5. The second kappa shape index (κ2) is 21.2. The first-order valence-corrected chi connectivity index (χ1v) is 26.7. The Balaban J connectivity index is 1.41. The number of nitrogens with one attached hydrogen (secondary N) is 2. The van der Waals surface area contributed by atoms with Gasteiger partial charge in [0.05, 0.1) is 43.6 Å². The molecular weight excluding hydrogens is 864 g/mol. The highest BCUT2D eigenvalue weighted by atomic mass is 31.2. The Morgan fingerprint density at radius 1 is 0.833 bits per heavy atom. The van der Waals surface area contributed by atoms with Crippen LogP contribution in [-0.4, -0.2) is 82.0 Å². The molecule has 0 radical (unpaired) electrons. The lowest BCUT2D eigenvalue weighted by Crippen LogP contribution is -2.59. The molecule has 7 rings (SSSR count). The van der Waals surface area contributed by atoms with Crippen LogP contribution >= 0.6 is 8.53 Å². The molecule has 15 heteroatoms. The normalized spacial score (nSPS) is 18.5. The van der Waals surface area contributed by atoms with E-state index in [1.165, 1.54) is 6.33 Å². The van der Waals surface area contributed by atoms with Crippen molar-refractivity contribution in [3.8, 4) is 6.07 Å².